The highest BCUT2D eigenvalue weighted by Crippen LogP contribution is 2.28. The number of hydrogen-bond donors (Lipinski definition) is 1. The maximum atomic E-state index is 12.1. The molecule has 1 N–H and O–H groups in total. The molecule has 118 valence electrons. The minimum Gasteiger partial charge on any atom is -0.383 e. The Morgan fingerprint density at radius 2 is 2.14 bits per heavy atom. The number of methoxy groups -OCH3 is 1. The average Bonchev–Trinajstić information content (AvgIpc) is 2.49. The summed E-state index contributed by atoms with van der Waals surface area (Å²) < 4.78 is 6.95. The molecule has 0 aliphatic heterocycles. The molecule has 0 spiro atoms. The lowest BCUT2D eigenvalue weighted by molar-refractivity contribution is 0.181. The largest absolute Gasteiger partial charge is 0.383 e. The van der Waals surface area contributed by atoms with E-state index in [4.69, 9.17) is 4.74 Å². The van der Waals surface area contributed by atoms with Gasteiger partial charge in [-0.3, -0.25) is 4.79 Å². The lowest BCUT2D eigenvalue weighted by Crippen LogP contribution is -2.27. The summed E-state index contributed by atoms with van der Waals surface area (Å²) in [5.74, 6) is 1.56. The molecule has 1 saturated carbocycles. The van der Waals surface area contributed by atoms with Crippen LogP contribution in [0.15, 0.2) is 15.5 Å². The second-order valence-electron chi connectivity index (χ2n) is 5.90. The SMILES string of the molecule is COCCn1ncc(NCC2CCC(C)CC2)c(Br)c1=O. The zero-order valence-corrected chi connectivity index (χ0v) is 14.4. The number of hydrogen-bond acceptors (Lipinski definition) is 4. The van der Waals surface area contributed by atoms with Crippen LogP contribution >= 0.6 is 15.9 Å². The van der Waals surface area contributed by atoms with Crippen molar-refractivity contribution in [2.75, 3.05) is 25.6 Å². The lowest BCUT2D eigenvalue weighted by Gasteiger charge is -2.26. The van der Waals surface area contributed by atoms with Gasteiger partial charge in [0.15, 0.2) is 0 Å². The number of rotatable bonds is 6. The molecule has 0 radical (unpaired) electrons. The van der Waals surface area contributed by atoms with Gasteiger partial charge in [-0.25, -0.2) is 4.68 Å². The van der Waals surface area contributed by atoms with Gasteiger partial charge in [0.05, 0.1) is 25.0 Å². The van der Waals surface area contributed by atoms with Crippen LogP contribution in [0.4, 0.5) is 5.69 Å². The highest BCUT2D eigenvalue weighted by atomic mass is 79.9. The molecule has 1 aromatic heterocycles. The first-order valence-corrected chi connectivity index (χ1v) is 8.39. The van der Waals surface area contributed by atoms with E-state index in [2.05, 4.69) is 33.3 Å². The van der Waals surface area contributed by atoms with Crippen LogP contribution in [0.3, 0.4) is 0 Å². The van der Waals surface area contributed by atoms with Gasteiger partial charge in [-0.05, 0) is 40.6 Å². The smallest absolute Gasteiger partial charge is 0.283 e. The van der Waals surface area contributed by atoms with E-state index in [1.54, 1.807) is 13.3 Å². The van der Waals surface area contributed by atoms with Crippen molar-refractivity contribution in [3.05, 3.63) is 21.0 Å². The van der Waals surface area contributed by atoms with Gasteiger partial charge in [-0.2, -0.15) is 5.10 Å². The molecule has 21 heavy (non-hydrogen) atoms. The summed E-state index contributed by atoms with van der Waals surface area (Å²) >= 11 is 3.38. The highest BCUT2D eigenvalue weighted by Gasteiger charge is 2.18. The highest BCUT2D eigenvalue weighted by molar-refractivity contribution is 9.10. The monoisotopic (exact) mass is 357 g/mol. The molecule has 1 aliphatic carbocycles. The van der Waals surface area contributed by atoms with Gasteiger partial charge in [0, 0.05) is 13.7 Å². The molecule has 1 aliphatic rings. The van der Waals surface area contributed by atoms with Crippen molar-refractivity contribution < 1.29 is 4.74 Å². The molecule has 5 nitrogen and oxygen atoms in total. The predicted molar refractivity (Wildman–Crippen MR) is 87.7 cm³/mol. The van der Waals surface area contributed by atoms with Crippen molar-refractivity contribution in [1.29, 1.82) is 0 Å². The van der Waals surface area contributed by atoms with E-state index < -0.39 is 0 Å². The van der Waals surface area contributed by atoms with Crippen LogP contribution in [0.25, 0.3) is 0 Å². The molecule has 1 heterocycles. The zero-order chi connectivity index (χ0) is 15.2. The van der Waals surface area contributed by atoms with Crippen molar-refractivity contribution in [3.8, 4) is 0 Å². The topological polar surface area (TPSA) is 56.1 Å². The van der Waals surface area contributed by atoms with Crippen LogP contribution in [0, 0.1) is 11.8 Å². The molecule has 0 bridgehead atoms. The molecule has 0 unspecified atom stereocenters. The first-order valence-electron chi connectivity index (χ1n) is 7.60. The van der Waals surface area contributed by atoms with Gasteiger partial charge in [0.2, 0.25) is 0 Å². The van der Waals surface area contributed by atoms with E-state index in [1.807, 2.05) is 0 Å². The summed E-state index contributed by atoms with van der Waals surface area (Å²) in [6.07, 6.45) is 6.87. The minimum absolute atomic E-state index is 0.116. The van der Waals surface area contributed by atoms with Gasteiger partial charge >= 0.3 is 0 Å². The molecule has 0 atom stereocenters. The fourth-order valence-corrected chi connectivity index (χ4v) is 3.16. The summed E-state index contributed by atoms with van der Waals surface area (Å²) in [6.45, 7) is 4.18. The van der Waals surface area contributed by atoms with Crippen molar-refractivity contribution in [1.82, 2.24) is 9.78 Å². The third-order valence-corrected chi connectivity index (χ3v) is 4.98. The standard InChI is InChI=1S/C15H24BrN3O2/c1-11-3-5-12(6-4-11)9-17-13-10-18-19(7-8-21-2)15(20)14(13)16/h10-12,17H,3-9H2,1-2H3. The summed E-state index contributed by atoms with van der Waals surface area (Å²) in [5.41, 5.74) is 0.668. The first kappa shape index (κ1) is 16.5. The second-order valence-corrected chi connectivity index (χ2v) is 6.69. The molecule has 0 saturated heterocycles. The van der Waals surface area contributed by atoms with Crippen LogP contribution in [0.1, 0.15) is 32.6 Å². The molecular formula is C15H24BrN3O2. The maximum Gasteiger partial charge on any atom is 0.283 e. The van der Waals surface area contributed by atoms with E-state index in [1.165, 1.54) is 30.4 Å². The Kier molecular flexibility index (Phi) is 6.23. The number of halogens is 1. The Bertz CT molecular complexity index is 510. The van der Waals surface area contributed by atoms with Crippen LogP contribution in [-0.2, 0) is 11.3 Å². The fourth-order valence-electron chi connectivity index (χ4n) is 2.71. The van der Waals surface area contributed by atoms with Gasteiger partial charge in [-0.1, -0.05) is 19.8 Å². The van der Waals surface area contributed by atoms with E-state index in [9.17, 15) is 4.79 Å². The van der Waals surface area contributed by atoms with E-state index in [0.29, 0.717) is 23.5 Å². The summed E-state index contributed by atoms with van der Waals surface area (Å²) in [7, 11) is 1.61. The molecule has 2 rings (SSSR count). The van der Waals surface area contributed by atoms with Gasteiger partial charge in [0.1, 0.15) is 4.47 Å². The zero-order valence-electron chi connectivity index (χ0n) is 12.8. The normalized spacial score (nSPS) is 22.2. The lowest BCUT2D eigenvalue weighted by atomic mass is 9.83. The van der Waals surface area contributed by atoms with Crippen LogP contribution in [0.2, 0.25) is 0 Å². The van der Waals surface area contributed by atoms with Gasteiger partial charge < -0.3 is 10.1 Å². The van der Waals surface area contributed by atoms with Gasteiger partial charge in [-0.15, -0.1) is 0 Å². The molecule has 6 heteroatoms. The van der Waals surface area contributed by atoms with Crippen molar-refractivity contribution in [2.24, 2.45) is 11.8 Å². The minimum atomic E-state index is -0.116. The fraction of sp³-hybridized carbons (Fsp3) is 0.733. The summed E-state index contributed by atoms with van der Waals surface area (Å²) in [6, 6.07) is 0. The predicted octanol–water partition coefficient (Wildman–Crippen LogP) is 2.89. The number of ether oxygens (including phenoxy) is 1. The second kappa shape index (κ2) is 7.94. The summed E-state index contributed by atoms with van der Waals surface area (Å²) in [5, 5.41) is 7.55. The third-order valence-electron chi connectivity index (χ3n) is 4.21. The van der Waals surface area contributed by atoms with Crippen LogP contribution in [-0.4, -0.2) is 30.0 Å². The molecule has 0 amide bonds. The Morgan fingerprint density at radius 3 is 2.81 bits per heavy atom. The van der Waals surface area contributed by atoms with Crippen molar-refractivity contribution in [2.45, 2.75) is 39.2 Å². The summed E-state index contributed by atoms with van der Waals surface area (Å²) in [4.78, 5) is 12.1. The van der Waals surface area contributed by atoms with Gasteiger partial charge in [0.25, 0.3) is 5.56 Å². The Hall–Kier alpha value is -0.880. The molecule has 0 aromatic carbocycles. The van der Waals surface area contributed by atoms with E-state index in [-0.39, 0.29) is 5.56 Å². The molecule has 1 aromatic rings. The average molecular weight is 358 g/mol. The third kappa shape index (κ3) is 4.54. The number of nitrogens with one attached hydrogen (secondary N) is 1. The first-order chi connectivity index (χ1) is 10.1. The van der Waals surface area contributed by atoms with Crippen molar-refractivity contribution >= 4 is 21.6 Å². The number of aromatic nitrogens is 2. The Labute approximate surface area is 134 Å². The molecule has 1 fully saturated rings. The Balaban J connectivity index is 1.94. The van der Waals surface area contributed by atoms with E-state index >= 15 is 0 Å². The van der Waals surface area contributed by atoms with Crippen LogP contribution < -0.4 is 10.9 Å². The van der Waals surface area contributed by atoms with Crippen LogP contribution in [0.5, 0.6) is 0 Å². The number of anilines is 1. The van der Waals surface area contributed by atoms with E-state index in [0.717, 1.165) is 18.2 Å². The van der Waals surface area contributed by atoms with Crippen molar-refractivity contribution in [3.63, 3.8) is 0 Å². The quantitative estimate of drug-likeness (QED) is 0.850. The maximum absolute atomic E-state index is 12.1. The Morgan fingerprint density at radius 1 is 1.43 bits per heavy atom. The molecular weight excluding hydrogens is 334 g/mol. The number of nitrogens with zero attached hydrogens (tertiary/aromatic N) is 2.